The van der Waals surface area contributed by atoms with Crippen molar-refractivity contribution in [3.05, 3.63) is 33.9 Å². The van der Waals surface area contributed by atoms with Crippen LogP contribution in [0.15, 0.2) is 30.3 Å². The Morgan fingerprint density at radius 2 is 1.86 bits per heavy atom. The van der Waals surface area contributed by atoms with Crippen molar-refractivity contribution >= 4 is 33.4 Å². The monoisotopic (exact) mass is 299 g/mol. The molecule has 70 valence electrons. The normalized spacial score (nSPS) is 14.5. The molecule has 2 aromatic rings. The molecule has 14 heavy (non-hydrogen) atoms. The summed E-state index contributed by atoms with van der Waals surface area (Å²) in [7, 11) is 0. The van der Waals surface area contributed by atoms with Gasteiger partial charge in [-0.25, -0.2) is 0 Å². The topological polar surface area (TPSA) is 18.5 Å². The van der Waals surface area contributed by atoms with Crippen molar-refractivity contribution in [3.63, 3.8) is 0 Å². The van der Waals surface area contributed by atoms with Gasteiger partial charge in [0.15, 0.2) is 11.5 Å². The number of fused-ring (bicyclic) bond motifs is 2. The Morgan fingerprint density at radius 1 is 1.14 bits per heavy atom. The molecule has 3 heteroatoms. The van der Waals surface area contributed by atoms with Gasteiger partial charge in [0.05, 0.1) is 1.37 Å². The first kappa shape index (κ1) is 7.34. The predicted molar refractivity (Wildman–Crippen MR) is 62.8 cm³/mol. The van der Waals surface area contributed by atoms with E-state index in [1.54, 1.807) is 0 Å². The fraction of sp³-hybridized carbons (Fsp3) is 0.0909. The molecule has 2 nitrogen and oxygen atoms in total. The molecule has 2 aromatic carbocycles. The SMILES string of the molecule is [2H]c1cc2cc3c(cc2cc1I)OCO3. The van der Waals surface area contributed by atoms with Crippen LogP contribution in [0.4, 0.5) is 0 Å². The molecule has 0 fully saturated rings. The van der Waals surface area contributed by atoms with Crippen LogP contribution in [0.5, 0.6) is 11.5 Å². The Balaban J connectivity index is 2.34. The second-order valence-electron chi connectivity index (χ2n) is 3.12. The summed E-state index contributed by atoms with van der Waals surface area (Å²) >= 11 is 2.16. The molecule has 0 radical (unpaired) electrons. The zero-order chi connectivity index (χ0) is 10.4. The summed E-state index contributed by atoms with van der Waals surface area (Å²) in [5, 5.41) is 2.10. The zero-order valence-corrected chi connectivity index (χ0v) is 9.37. The predicted octanol–water partition coefficient (Wildman–Crippen LogP) is 3.17. The summed E-state index contributed by atoms with van der Waals surface area (Å²) in [6.07, 6.45) is 0. The molecule has 0 saturated heterocycles. The highest BCUT2D eigenvalue weighted by Gasteiger charge is 2.13. The number of halogens is 1. The molecule has 0 aromatic heterocycles. The van der Waals surface area contributed by atoms with Gasteiger partial charge in [0, 0.05) is 3.57 Å². The van der Waals surface area contributed by atoms with Crippen LogP contribution < -0.4 is 9.47 Å². The number of rotatable bonds is 0. The molecule has 0 unspecified atom stereocenters. The molecular weight excluding hydrogens is 291 g/mol. The maximum absolute atomic E-state index is 7.72. The Morgan fingerprint density at radius 3 is 2.64 bits per heavy atom. The molecule has 3 rings (SSSR count). The average Bonchev–Trinajstić information content (AvgIpc) is 2.63. The van der Waals surface area contributed by atoms with E-state index in [9.17, 15) is 0 Å². The summed E-state index contributed by atoms with van der Waals surface area (Å²) in [5.74, 6) is 1.55. The van der Waals surface area contributed by atoms with Crippen LogP contribution in [0.2, 0.25) is 0 Å². The highest BCUT2D eigenvalue weighted by Crippen LogP contribution is 2.36. The Bertz CT molecular complexity index is 505. The fourth-order valence-corrected chi connectivity index (χ4v) is 2.04. The van der Waals surface area contributed by atoms with Crippen LogP contribution in [-0.4, -0.2) is 6.79 Å². The summed E-state index contributed by atoms with van der Waals surface area (Å²) in [6, 6.07) is 8.26. The summed E-state index contributed by atoms with van der Waals surface area (Å²) in [5.41, 5.74) is 0. The van der Waals surface area contributed by atoms with Crippen molar-refractivity contribution < 1.29 is 10.8 Å². The van der Waals surface area contributed by atoms with Crippen molar-refractivity contribution in [2.75, 3.05) is 6.79 Å². The molecule has 0 bridgehead atoms. The van der Waals surface area contributed by atoms with Crippen molar-refractivity contribution in [2.24, 2.45) is 0 Å². The smallest absolute Gasteiger partial charge is 0.231 e. The van der Waals surface area contributed by atoms with Gasteiger partial charge in [-0.1, -0.05) is 6.07 Å². The quantitative estimate of drug-likeness (QED) is 0.696. The van der Waals surface area contributed by atoms with E-state index in [2.05, 4.69) is 22.6 Å². The van der Waals surface area contributed by atoms with E-state index in [4.69, 9.17) is 10.8 Å². The Hall–Kier alpha value is -0.970. The minimum absolute atomic E-state index is 0.288. The van der Waals surface area contributed by atoms with E-state index in [-0.39, 0.29) is 6.79 Å². The molecule has 0 saturated carbocycles. The van der Waals surface area contributed by atoms with Crippen molar-refractivity contribution in [1.29, 1.82) is 0 Å². The number of hydrogen-bond donors (Lipinski definition) is 0. The van der Waals surface area contributed by atoms with E-state index in [1.165, 1.54) is 0 Å². The lowest BCUT2D eigenvalue weighted by Crippen LogP contribution is -1.92. The van der Waals surface area contributed by atoms with E-state index >= 15 is 0 Å². The van der Waals surface area contributed by atoms with E-state index in [0.717, 1.165) is 25.8 Å². The van der Waals surface area contributed by atoms with Crippen LogP contribution in [0.3, 0.4) is 0 Å². The second kappa shape index (κ2) is 3.02. The maximum Gasteiger partial charge on any atom is 0.231 e. The molecule has 0 amide bonds. The molecule has 1 aliphatic rings. The highest BCUT2D eigenvalue weighted by molar-refractivity contribution is 14.1. The van der Waals surface area contributed by atoms with Gasteiger partial charge < -0.3 is 9.47 Å². The molecule has 0 spiro atoms. The molecule has 0 aliphatic carbocycles. The van der Waals surface area contributed by atoms with Gasteiger partial charge in [-0.2, -0.15) is 0 Å². The first-order valence-corrected chi connectivity index (χ1v) is 5.31. The van der Waals surface area contributed by atoms with Gasteiger partial charge >= 0.3 is 0 Å². The molecule has 1 heterocycles. The lowest BCUT2D eigenvalue weighted by molar-refractivity contribution is 0.174. The standard InChI is InChI=1S/C11H7IO2/c12-9-2-1-7-4-10-11(14-6-13-10)5-8(7)3-9/h1-5H,6H2/i2D. The van der Waals surface area contributed by atoms with Crippen LogP contribution >= 0.6 is 22.6 Å². The van der Waals surface area contributed by atoms with E-state index in [1.807, 2.05) is 24.3 Å². The summed E-state index contributed by atoms with van der Waals surface area (Å²) in [6.45, 7) is 0.288. The number of ether oxygens (including phenoxy) is 2. The van der Waals surface area contributed by atoms with Crippen LogP contribution in [0.25, 0.3) is 10.8 Å². The van der Waals surface area contributed by atoms with Crippen molar-refractivity contribution in [2.45, 2.75) is 0 Å². The van der Waals surface area contributed by atoms with Gasteiger partial charge in [0.2, 0.25) is 6.79 Å². The lowest BCUT2D eigenvalue weighted by atomic mass is 10.1. The third-order valence-corrected chi connectivity index (χ3v) is 2.85. The van der Waals surface area contributed by atoms with Gasteiger partial charge in [0.1, 0.15) is 0 Å². The summed E-state index contributed by atoms with van der Waals surface area (Å²) in [4.78, 5) is 0. The summed E-state index contributed by atoms with van der Waals surface area (Å²) < 4.78 is 19.3. The molecule has 0 atom stereocenters. The zero-order valence-electron chi connectivity index (χ0n) is 8.21. The average molecular weight is 299 g/mol. The minimum Gasteiger partial charge on any atom is -0.454 e. The third-order valence-electron chi connectivity index (χ3n) is 2.23. The van der Waals surface area contributed by atoms with Gasteiger partial charge in [0.25, 0.3) is 0 Å². The number of hydrogen-bond acceptors (Lipinski definition) is 2. The Labute approximate surface area is 96.4 Å². The fourth-order valence-electron chi connectivity index (χ4n) is 1.55. The van der Waals surface area contributed by atoms with E-state index < -0.39 is 0 Å². The third kappa shape index (κ3) is 1.23. The Kier molecular flexibility index (Phi) is 1.58. The first-order valence-electron chi connectivity index (χ1n) is 4.73. The lowest BCUT2D eigenvalue weighted by Gasteiger charge is -2.01. The molecule has 0 N–H and O–H groups in total. The molecule has 1 aliphatic heterocycles. The van der Waals surface area contributed by atoms with Crippen LogP contribution in [0, 0.1) is 3.57 Å². The highest BCUT2D eigenvalue weighted by atomic mass is 127. The van der Waals surface area contributed by atoms with Crippen LogP contribution in [-0.2, 0) is 0 Å². The van der Waals surface area contributed by atoms with Crippen molar-refractivity contribution in [3.8, 4) is 11.5 Å². The number of benzene rings is 2. The van der Waals surface area contributed by atoms with Crippen molar-refractivity contribution in [1.82, 2.24) is 0 Å². The maximum atomic E-state index is 7.72. The minimum atomic E-state index is 0.288. The molecular formula is C11H7IO2. The second-order valence-corrected chi connectivity index (χ2v) is 4.28. The van der Waals surface area contributed by atoms with Gasteiger partial charge in [-0.15, -0.1) is 0 Å². The largest absolute Gasteiger partial charge is 0.454 e. The van der Waals surface area contributed by atoms with E-state index in [0.29, 0.717) is 6.04 Å². The van der Waals surface area contributed by atoms with Crippen LogP contribution in [0.1, 0.15) is 1.37 Å². The first-order chi connectivity index (χ1) is 7.24. The van der Waals surface area contributed by atoms with Gasteiger partial charge in [-0.05, 0) is 57.6 Å². The van der Waals surface area contributed by atoms with Gasteiger partial charge in [-0.3, -0.25) is 0 Å².